The number of hydrogen-bond acceptors (Lipinski definition) is 3. The monoisotopic (exact) mass is 220 g/mol. The minimum absolute atomic E-state index is 0.0828. The van der Waals surface area contributed by atoms with E-state index in [0.29, 0.717) is 12.4 Å². The zero-order chi connectivity index (χ0) is 11.0. The highest BCUT2D eigenvalue weighted by Gasteiger charge is 2.15. The van der Waals surface area contributed by atoms with Gasteiger partial charge in [0.1, 0.15) is 0 Å². The van der Waals surface area contributed by atoms with Crippen LogP contribution in [0.3, 0.4) is 0 Å². The van der Waals surface area contributed by atoms with E-state index in [-0.39, 0.29) is 17.6 Å². The smallest absolute Gasteiger partial charge is 0.306 e. The van der Waals surface area contributed by atoms with Crippen molar-refractivity contribution in [3.8, 4) is 0 Å². The fourth-order valence-corrected chi connectivity index (χ4v) is 2.33. The van der Waals surface area contributed by atoms with Crippen LogP contribution in [-0.2, 0) is 20.3 Å². The topological polar surface area (TPSA) is 43.4 Å². The first-order valence-electron chi connectivity index (χ1n) is 5.14. The van der Waals surface area contributed by atoms with Gasteiger partial charge in [0, 0.05) is 21.8 Å². The highest BCUT2D eigenvalue weighted by Crippen LogP contribution is 2.05. The summed E-state index contributed by atoms with van der Waals surface area (Å²) in [7, 11) is -0.890. The lowest BCUT2D eigenvalue weighted by molar-refractivity contribution is -0.143. The highest BCUT2D eigenvalue weighted by molar-refractivity contribution is 7.85. The SMILES string of the molecule is CCCCS(=O)C(C)CC(=O)OCC. The molecule has 0 saturated carbocycles. The maximum Gasteiger partial charge on any atom is 0.306 e. The molecule has 84 valence electrons. The van der Waals surface area contributed by atoms with Crippen LogP contribution in [0.5, 0.6) is 0 Å². The molecule has 3 nitrogen and oxygen atoms in total. The van der Waals surface area contributed by atoms with Crippen molar-refractivity contribution in [2.75, 3.05) is 12.4 Å². The molecule has 0 rings (SSSR count). The molecule has 0 amide bonds. The first-order chi connectivity index (χ1) is 6.61. The van der Waals surface area contributed by atoms with Crippen LogP contribution >= 0.6 is 0 Å². The zero-order valence-corrected chi connectivity index (χ0v) is 10.1. The van der Waals surface area contributed by atoms with E-state index in [4.69, 9.17) is 4.74 Å². The second-order valence-corrected chi connectivity index (χ2v) is 5.23. The van der Waals surface area contributed by atoms with Gasteiger partial charge in [-0.2, -0.15) is 0 Å². The van der Waals surface area contributed by atoms with Crippen molar-refractivity contribution >= 4 is 16.8 Å². The van der Waals surface area contributed by atoms with Crippen LogP contribution < -0.4 is 0 Å². The van der Waals surface area contributed by atoms with Gasteiger partial charge in [-0.1, -0.05) is 20.3 Å². The highest BCUT2D eigenvalue weighted by atomic mass is 32.2. The third kappa shape index (κ3) is 6.13. The van der Waals surface area contributed by atoms with Crippen molar-refractivity contribution in [2.45, 2.75) is 45.3 Å². The Morgan fingerprint density at radius 3 is 2.57 bits per heavy atom. The molecule has 0 N–H and O–H groups in total. The number of hydrogen-bond donors (Lipinski definition) is 0. The molecule has 0 heterocycles. The van der Waals surface area contributed by atoms with E-state index in [2.05, 4.69) is 6.92 Å². The molecule has 0 aromatic carbocycles. The zero-order valence-electron chi connectivity index (χ0n) is 9.25. The lowest BCUT2D eigenvalue weighted by Crippen LogP contribution is -2.19. The second-order valence-electron chi connectivity index (χ2n) is 3.26. The molecule has 4 heteroatoms. The molecule has 14 heavy (non-hydrogen) atoms. The number of rotatable bonds is 7. The van der Waals surface area contributed by atoms with E-state index in [9.17, 15) is 9.00 Å². The quantitative estimate of drug-likeness (QED) is 0.615. The van der Waals surface area contributed by atoms with Crippen molar-refractivity contribution in [3.63, 3.8) is 0 Å². The molecule has 0 radical (unpaired) electrons. The van der Waals surface area contributed by atoms with E-state index in [1.165, 1.54) is 0 Å². The Morgan fingerprint density at radius 1 is 1.43 bits per heavy atom. The molecule has 0 aliphatic carbocycles. The summed E-state index contributed by atoms with van der Waals surface area (Å²) < 4.78 is 16.3. The molecule has 2 unspecified atom stereocenters. The molecular weight excluding hydrogens is 200 g/mol. The summed E-state index contributed by atoms with van der Waals surface area (Å²) >= 11 is 0. The molecule has 0 saturated heterocycles. The van der Waals surface area contributed by atoms with Crippen molar-refractivity contribution in [3.05, 3.63) is 0 Å². The van der Waals surface area contributed by atoms with Gasteiger partial charge >= 0.3 is 5.97 Å². The summed E-state index contributed by atoms with van der Waals surface area (Å²) in [6.45, 7) is 6.07. The predicted octanol–water partition coefficient (Wildman–Crippen LogP) is 1.88. The van der Waals surface area contributed by atoms with Crippen molar-refractivity contribution in [1.29, 1.82) is 0 Å². The first-order valence-corrected chi connectivity index (χ1v) is 6.52. The number of carbonyl (C=O) groups excluding carboxylic acids is 1. The molecule has 0 aromatic heterocycles. The summed E-state index contributed by atoms with van der Waals surface area (Å²) in [6, 6.07) is 0. The Balaban J connectivity index is 3.76. The average Bonchev–Trinajstić information content (AvgIpc) is 2.14. The van der Waals surface area contributed by atoms with Crippen LogP contribution in [0.2, 0.25) is 0 Å². The summed E-state index contributed by atoms with van der Waals surface area (Å²) in [6.07, 6.45) is 2.27. The van der Waals surface area contributed by atoms with Crippen LogP contribution in [0.25, 0.3) is 0 Å². The molecule has 0 spiro atoms. The van der Waals surface area contributed by atoms with E-state index in [0.717, 1.165) is 12.8 Å². The predicted molar refractivity (Wildman–Crippen MR) is 58.6 cm³/mol. The van der Waals surface area contributed by atoms with E-state index < -0.39 is 10.8 Å². The maximum absolute atomic E-state index is 11.5. The molecular formula is C10H20O3S. The normalized spacial score (nSPS) is 14.8. The van der Waals surface area contributed by atoms with E-state index >= 15 is 0 Å². The number of esters is 1. The Kier molecular flexibility index (Phi) is 7.76. The van der Waals surface area contributed by atoms with Gasteiger partial charge < -0.3 is 4.74 Å². The van der Waals surface area contributed by atoms with Crippen molar-refractivity contribution in [1.82, 2.24) is 0 Å². The summed E-state index contributed by atoms with van der Waals surface area (Å²) in [5.41, 5.74) is 0. The van der Waals surface area contributed by atoms with Gasteiger partial charge in [0.25, 0.3) is 0 Å². The standard InChI is InChI=1S/C10H20O3S/c1-4-6-7-14(12)9(3)8-10(11)13-5-2/h9H,4-8H2,1-3H3. The average molecular weight is 220 g/mol. The number of unbranched alkanes of at least 4 members (excludes halogenated alkanes) is 1. The second kappa shape index (κ2) is 7.97. The third-order valence-corrected chi connectivity index (χ3v) is 3.66. The fourth-order valence-electron chi connectivity index (χ4n) is 1.04. The van der Waals surface area contributed by atoms with Crippen molar-refractivity contribution < 1.29 is 13.7 Å². The lowest BCUT2D eigenvalue weighted by Gasteiger charge is -2.09. The van der Waals surface area contributed by atoms with Crippen molar-refractivity contribution in [2.24, 2.45) is 0 Å². The number of ether oxygens (including phenoxy) is 1. The molecule has 0 aliphatic rings. The lowest BCUT2D eigenvalue weighted by atomic mass is 10.3. The summed E-state index contributed by atoms with van der Waals surface area (Å²) in [5.74, 6) is 0.446. The fraction of sp³-hybridized carbons (Fsp3) is 0.900. The number of carbonyl (C=O) groups is 1. The largest absolute Gasteiger partial charge is 0.466 e. The Morgan fingerprint density at radius 2 is 2.07 bits per heavy atom. The van der Waals surface area contributed by atoms with Gasteiger partial charge in [0.15, 0.2) is 0 Å². The molecule has 0 fully saturated rings. The van der Waals surface area contributed by atoms with Crippen LogP contribution in [0.1, 0.15) is 40.0 Å². The van der Waals surface area contributed by atoms with E-state index in [1.807, 2.05) is 6.92 Å². The Bertz CT molecular complexity index is 192. The molecule has 0 bridgehead atoms. The van der Waals surface area contributed by atoms with Crippen LogP contribution in [0, 0.1) is 0 Å². The van der Waals surface area contributed by atoms with Gasteiger partial charge in [-0.05, 0) is 13.3 Å². The van der Waals surface area contributed by atoms with Gasteiger partial charge in [-0.3, -0.25) is 9.00 Å². The third-order valence-electron chi connectivity index (χ3n) is 1.91. The summed E-state index contributed by atoms with van der Waals surface area (Å²) in [5, 5.41) is -0.0828. The summed E-state index contributed by atoms with van der Waals surface area (Å²) in [4.78, 5) is 11.1. The van der Waals surface area contributed by atoms with Gasteiger partial charge in [0.05, 0.1) is 13.0 Å². The van der Waals surface area contributed by atoms with Gasteiger partial charge in [-0.15, -0.1) is 0 Å². The van der Waals surface area contributed by atoms with Crippen LogP contribution in [0.4, 0.5) is 0 Å². The molecule has 0 aromatic rings. The Labute approximate surface area is 88.7 Å². The van der Waals surface area contributed by atoms with E-state index in [1.54, 1.807) is 6.92 Å². The minimum atomic E-state index is -0.890. The van der Waals surface area contributed by atoms with Gasteiger partial charge in [-0.25, -0.2) is 0 Å². The minimum Gasteiger partial charge on any atom is -0.466 e. The Hall–Kier alpha value is -0.380. The molecule has 0 aliphatic heterocycles. The first kappa shape index (κ1) is 13.6. The maximum atomic E-state index is 11.5. The van der Waals surface area contributed by atoms with Crippen LogP contribution in [-0.4, -0.2) is 27.8 Å². The van der Waals surface area contributed by atoms with Gasteiger partial charge in [0.2, 0.25) is 0 Å². The molecule has 2 atom stereocenters. The van der Waals surface area contributed by atoms with Crippen LogP contribution in [0.15, 0.2) is 0 Å².